The van der Waals surface area contributed by atoms with E-state index < -0.39 is 0 Å². The molecule has 0 unspecified atom stereocenters. The Kier molecular flexibility index (Phi) is 7.42. The minimum atomic E-state index is 0.616. The van der Waals surface area contributed by atoms with Crippen LogP contribution in [0, 0.1) is 0 Å². The summed E-state index contributed by atoms with van der Waals surface area (Å²) in [5, 5.41) is 4.87. The maximum absolute atomic E-state index is 5.21. The Bertz CT molecular complexity index is 3160. The maximum atomic E-state index is 5.21. The normalized spacial score (nSPS) is 11.6. The number of fused-ring (bicyclic) bond motifs is 7. The van der Waals surface area contributed by atoms with Crippen molar-refractivity contribution in [1.29, 1.82) is 0 Å². The number of hydrogen-bond donors (Lipinski definition) is 0. The van der Waals surface area contributed by atoms with Crippen LogP contribution in [0.4, 0.5) is 0 Å². The maximum Gasteiger partial charge on any atom is 0.164 e. The van der Waals surface area contributed by atoms with Crippen molar-refractivity contribution in [3.05, 3.63) is 200 Å². The molecule has 0 fully saturated rings. The van der Waals surface area contributed by atoms with Crippen molar-refractivity contribution in [3.63, 3.8) is 0 Å². The van der Waals surface area contributed by atoms with Crippen LogP contribution >= 0.6 is 0 Å². The van der Waals surface area contributed by atoms with Gasteiger partial charge in [0, 0.05) is 49.6 Å². The highest BCUT2D eigenvalue weighted by atomic mass is 15.0. The summed E-state index contributed by atoms with van der Waals surface area (Å²) in [5.74, 6) is 1.88. The Morgan fingerprint density at radius 3 is 1.46 bits per heavy atom. The van der Waals surface area contributed by atoms with Crippen LogP contribution in [0.1, 0.15) is 0 Å². The zero-order valence-corrected chi connectivity index (χ0v) is 30.3. The van der Waals surface area contributed by atoms with E-state index in [1.54, 1.807) is 0 Å². The molecule has 0 saturated heterocycles. The van der Waals surface area contributed by atoms with E-state index in [0.29, 0.717) is 17.5 Å². The fraction of sp³-hybridized carbons (Fsp3) is 0. The van der Waals surface area contributed by atoms with Gasteiger partial charge in [0.25, 0.3) is 0 Å². The molecule has 8 aromatic carbocycles. The summed E-state index contributed by atoms with van der Waals surface area (Å²) in [6, 6.07) is 70.3. The molecule has 0 amide bonds. The predicted molar refractivity (Wildman–Crippen MR) is 230 cm³/mol. The van der Waals surface area contributed by atoms with Gasteiger partial charge >= 0.3 is 0 Å². The number of benzene rings is 8. The zero-order valence-electron chi connectivity index (χ0n) is 30.3. The second kappa shape index (κ2) is 13.0. The second-order valence-electron chi connectivity index (χ2n) is 14.0. The van der Waals surface area contributed by atoms with E-state index in [-0.39, 0.29) is 0 Å². The molecule has 262 valence electrons. The van der Waals surface area contributed by atoms with Gasteiger partial charge in [-0.15, -0.1) is 0 Å². The van der Waals surface area contributed by atoms with E-state index in [4.69, 9.17) is 15.0 Å². The Morgan fingerprint density at radius 1 is 0.304 bits per heavy atom. The first-order valence-electron chi connectivity index (χ1n) is 18.9. The molecular weight excluding hydrogens is 683 g/mol. The molecule has 5 heteroatoms. The number of nitrogens with zero attached hydrogens (tertiary/aromatic N) is 5. The molecule has 0 radical (unpaired) electrons. The summed E-state index contributed by atoms with van der Waals surface area (Å²) in [6.07, 6.45) is 0. The van der Waals surface area contributed by atoms with Gasteiger partial charge in [0.15, 0.2) is 17.5 Å². The number of aromatic nitrogens is 5. The molecule has 0 bridgehead atoms. The van der Waals surface area contributed by atoms with Crippen molar-refractivity contribution < 1.29 is 0 Å². The Balaban J connectivity index is 1.22. The average molecular weight is 716 g/mol. The van der Waals surface area contributed by atoms with Crippen LogP contribution < -0.4 is 0 Å². The van der Waals surface area contributed by atoms with Gasteiger partial charge in [-0.05, 0) is 53.6 Å². The van der Waals surface area contributed by atoms with Crippen LogP contribution in [0.5, 0.6) is 0 Å². The number of hydrogen-bond acceptors (Lipinski definition) is 3. The molecule has 11 aromatic rings. The van der Waals surface area contributed by atoms with Crippen molar-refractivity contribution in [2.75, 3.05) is 0 Å². The van der Waals surface area contributed by atoms with E-state index in [9.17, 15) is 0 Å². The van der Waals surface area contributed by atoms with E-state index in [1.165, 1.54) is 32.6 Å². The van der Waals surface area contributed by atoms with Gasteiger partial charge in [-0.2, -0.15) is 0 Å². The summed E-state index contributed by atoms with van der Waals surface area (Å²) < 4.78 is 4.82. The molecule has 0 aliphatic rings. The van der Waals surface area contributed by atoms with Crippen LogP contribution in [-0.4, -0.2) is 24.1 Å². The third-order valence-corrected chi connectivity index (χ3v) is 10.8. The van der Waals surface area contributed by atoms with E-state index in [2.05, 4.69) is 173 Å². The Labute approximate surface area is 323 Å². The first-order valence-corrected chi connectivity index (χ1v) is 18.9. The van der Waals surface area contributed by atoms with Gasteiger partial charge in [-0.3, -0.25) is 0 Å². The topological polar surface area (TPSA) is 48.5 Å². The van der Waals surface area contributed by atoms with Gasteiger partial charge in [0.05, 0.1) is 22.1 Å². The third kappa shape index (κ3) is 5.13. The zero-order chi connectivity index (χ0) is 37.0. The molecule has 11 rings (SSSR count). The van der Waals surface area contributed by atoms with E-state index >= 15 is 0 Å². The molecular formula is C51H33N5. The SMILES string of the molecule is c1ccc(-c2nc(-c3ccccc3)nc(-c3cc(-n4c5ccccc5c5c4ccc4c6ccccc6n(-c6ccccc6)c45)ccc3-c3ccccc3)n2)cc1. The first-order chi connectivity index (χ1) is 27.8. The van der Waals surface area contributed by atoms with Crippen molar-refractivity contribution in [2.45, 2.75) is 0 Å². The summed E-state index contributed by atoms with van der Waals surface area (Å²) in [6.45, 7) is 0. The third-order valence-electron chi connectivity index (χ3n) is 10.8. The first kappa shape index (κ1) is 31.9. The standard InChI is InChI=1S/C51H33N5/c1-5-17-34(18-6-1)39-30-29-38(33-43(39)51-53-49(35-19-7-2-8-20-35)52-50(54-51)36-21-9-3-10-22-36)55-45-28-16-14-26-42(45)47-46(55)32-31-41-40-25-13-15-27-44(40)56(48(41)47)37-23-11-4-12-24-37/h1-33H. The molecule has 3 aromatic heterocycles. The van der Waals surface area contributed by atoms with E-state index in [1.807, 2.05) is 36.4 Å². The lowest BCUT2D eigenvalue weighted by molar-refractivity contribution is 1.07. The second-order valence-corrected chi connectivity index (χ2v) is 14.0. The van der Waals surface area contributed by atoms with Crippen molar-refractivity contribution in [3.8, 4) is 56.7 Å². The summed E-state index contributed by atoms with van der Waals surface area (Å²) in [7, 11) is 0. The van der Waals surface area contributed by atoms with Crippen molar-refractivity contribution >= 4 is 43.6 Å². The molecule has 0 aliphatic carbocycles. The van der Waals surface area contributed by atoms with Crippen LogP contribution in [-0.2, 0) is 0 Å². The fourth-order valence-corrected chi connectivity index (χ4v) is 8.29. The molecule has 0 spiro atoms. The van der Waals surface area contributed by atoms with E-state index in [0.717, 1.165) is 50.2 Å². The lowest BCUT2D eigenvalue weighted by atomic mass is 9.98. The Hall–Kier alpha value is -7.63. The van der Waals surface area contributed by atoms with Gasteiger partial charge in [-0.1, -0.05) is 158 Å². The van der Waals surface area contributed by atoms with Crippen LogP contribution in [0.3, 0.4) is 0 Å². The number of rotatable bonds is 6. The lowest BCUT2D eigenvalue weighted by Gasteiger charge is -2.15. The van der Waals surface area contributed by atoms with Crippen molar-refractivity contribution in [2.24, 2.45) is 0 Å². The van der Waals surface area contributed by atoms with Gasteiger partial charge < -0.3 is 9.13 Å². The minimum Gasteiger partial charge on any atom is -0.309 e. The minimum absolute atomic E-state index is 0.616. The fourth-order valence-electron chi connectivity index (χ4n) is 8.29. The summed E-state index contributed by atoms with van der Waals surface area (Å²) >= 11 is 0. The van der Waals surface area contributed by atoms with Gasteiger partial charge in [0.1, 0.15) is 0 Å². The van der Waals surface area contributed by atoms with Gasteiger partial charge in [-0.25, -0.2) is 15.0 Å². The molecule has 0 N–H and O–H groups in total. The molecule has 0 atom stereocenters. The van der Waals surface area contributed by atoms with Crippen LogP contribution in [0.15, 0.2) is 200 Å². The average Bonchev–Trinajstić information content (AvgIpc) is 3.80. The molecule has 0 aliphatic heterocycles. The van der Waals surface area contributed by atoms with Crippen LogP contribution in [0.2, 0.25) is 0 Å². The van der Waals surface area contributed by atoms with Gasteiger partial charge in [0.2, 0.25) is 0 Å². The predicted octanol–water partition coefficient (Wildman–Crippen LogP) is 12.7. The molecule has 5 nitrogen and oxygen atoms in total. The highest BCUT2D eigenvalue weighted by molar-refractivity contribution is 6.26. The Morgan fingerprint density at radius 2 is 0.821 bits per heavy atom. The highest BCUT2D eigenvalue weighted by Crippen LogP contribution is 2.43. The summed E-state index contributed by atoms with van der Waals surface area (Å²) in [5.41, 5.74) is 11.7. The monoisotopic (exact) mass is 715 g/mol. The summed E-state index contributed by atoms with van der Waals surface area (Å²) in [4.78, 5) is 15.4. The van der Waals surface area contributed by atoms with Crippen molar-refractivity contribution in [1.82, 2.24) is 24.1 Å². The molecule has 3 heterocycles. The lowest BCUT2D eigenvalue weighted by Crippen LogP contribution is -2.02. The quantitative estimate of drug-likeness (QED) is 0.172. The molecule has 0 saturated carbocycles. The highest BCUT2D eigenvalue weighted by Gasteiger charge is 2.22. The molecule has 56 heavy (non-hydrogen) atoms. The number of para-hydroxylation sites is 3. The smallest absolute Gasteiger partial charge is 0.164 e. The largest absolute Gasteiger partial charge is 0.309 e. The van der Waals surface area contributed by atoms with Crippen LogP contribution in [0.25, 0.3) is 100 Å².